The normalized spacial score (nSPS) is 15.2. The van der Waals surface area contributed by atoms with Crippen molar-refractivity contribution in [1.29, 1.82) is 0 Å². The molecule has 370 valence electrons. The molecule has 1 fully saturated rings. The number of amides is 7. The fraction of sp³-hybridized carbons (Fsp3) is 0.524. The van der Waals surface area contributed by atoms with E-state index in [4.69, 9.17) is 11.6 Å². The van der Waals surface area contributed by atoms with Crippen LogP contribution in [0.25, 0.3) is 0 Å². The standard InChI is InChI=1S/C42H54ClF2N11O10S2/c1-5-23(4)33(52-37(61)28(17-22(2)3)50-38(62)30-20-46-15-16-47-30)39(63)51-29(18-24-9-7-6-8-10-24)36(60)49-27(19-31(44)45)34(58)40(64)48-21-32(57)56-68(65,66)42-55-54-41(67-42)53-35(59)25-11-13-26(43)14-12-25/h11-16,20,22-24,27-29,31,33H,5-10,17-19,21H2,1-4H3,(H,48,64)(H,49,60)(H,50,62)(H,51,63)(H,52,61)(H,56,57)(H,53,54,59)/t23?,27-,28-,29-,33?/m0/s1. The van der Waals surface area contributed by atoms with Crippen LogP contribution in [0.15, 0.2) is 47.2 Å². The Hall–Kier alpha value is -6.08. The zero-order chi connectivity index (χ0) is 50.1. The van der Waals surface area contributed by atoms with Crippen LogP contribution < -0.4 is 36.6 Å². The Balaban J connectivity index is 1.43. The third-order valence-electron chi connectivity index (χ3n) is 10.7. The third kappa shape index (κ3) is 16.9. The zero-order valence-corrected chi connectivity index (χ0v) is 39.9. The summed E-state index contributed by atoms with van der Waals surface area (Å²) >= 11 is 6.21. The molecule has 2 unspecified atom stereocenters. The van der Waals surface area contributed by atoms with Crippen LogP contribution in [0.2, 0.25) is 5.02 Å². The second kappa shape index (κ2) is 25.9. The highest BCUT2D eigenvalue weighted by atomic mass is 35.5. The summed E-state index contributed by atoms with van der Waals surface area (Å²) in [5.41, 5.74) is 0.124. The van der Waals surface area contributed by atoms with E-state index in [2.05, 4.69) is 46.7 Å². The summed E-state index contributed by atoms with van der Waals surface area (Å²) in [6.45, 7) is 5.95. The van der Waals surface area contributed by atoms with Crippen molar-refractivity contribution in [2.24, 2.45) is 17.8 Å². The maximum Gasteiger partial charge on any atom is 0.293 e. The predicted octanol–water partition coefficient (Wildman–Crippen LogP) is 2.69. The minimum absolute atomic E-state index is 0.0180. The number of halogens is 3. The number of carbonyl (C=O) groups excluding carboxylic acids is 8. The molecule has 0 saturated heterocycles. The number of benzene rings is 1. The molecule has 4 rings (SSSR count). The molecule has 0 spiro atoms. The molecule has 5 atom stereocenters. The average Bonchev–Trinajstić information content (AvgIpc) is 3.78. The third-order valence-corrected chi connectivity index (χ3v) is 13.6. The van der Waals surface area contributed by atoms with Crippen LogP contribution in [0.1, 0.15) is 106 Å². The molecule has 7 N–H and O–H groups in total. The van der Waals surface area contributed by atoms with E-state index in [1.165, 1.54) is 42.9 Å². The molecule has 3 aromatic rings. The van der Waals surface area contributed by atoms with Crippen molar-refractivity contribution in [1.82, 2.24) is 51.5 Å². The summed E-state index contributed by atoms with van der Waals surface area (Å²) in [5, 5.41) is 21.5. The van der Waals surface area contributed by atoms with Gasteiger partial charge in [-0.2, -0.15) is 8.42 Å². The van der Waals surface area contributed by atoms with E-state index in [1.807, 2.05) is 19.2 Å². The molecule has 0 bridgehead atoms. The molecule has 26 heteroatoms. The number of nitrogens with zero attached hydrogens (tertiary/aromatic N) is 4. The number of nitrogens with one attached hydrogen (secondary N) is 7. The van der Waals surface area contributed by atoms with E-state index in [-0.39, 0.29) is 41.1 Å². The largest absolute Gasteiger partial charge is 0.344 e. The molecule has 1 aliphatic carbocycles. The summed E-state index contributed by atoms with van der Waals surface area (Å²) in [7, 11) is -4.73. The summed E-state index contributed by atoms with van der Waals surface area (Å²) in [4.78, 5) is 114. The molecular formula is C42H54ClF2N11O10S2. The first-order valence-corrected chi connectivity index (χ1v) is 24.4. The topological polar surface area (TPSA) is 306 Å². The number of rotatable bonds is 24. The van der Waals surface area contributed by atoms with Gasteiger partial charge in [0.2, 0.25) is 35.1 Å². The zero-order valence-electron chi connectivity index (χ0n) is 37.6. The number of carbonyl (C=O) groups is 8. The molecule has 2 heterocycles. The van der Waals surface area contributed by atoms with E-state index in [0.29, 0.717) is 35.6 Å². The number of hydrogen-bond donors (Lipinski definition) is 7. The first-order valence-electron chi connectivity index (χ1n) is 21.7. The van der Waals surface area contributed by atoms with Gasteiger partial charge in [0.1, 0.15) is 29.9 Å². The van der Waals surface area contributed by atoms with E-state index in [0.717, 1.165) is 19.3 Å². The number of hydrogen-bond acceptors (Lipinski definition) is 15. The van der Waals surface area contributed by atoms with E-state index >= 15 is 0 Å². The van der Waals surface area contributed by atoms with Gasteiger partial charge in [-0.1, -0.05) is 89.2 Å². The smallest absolute Gasteiger partial charge is 0.293 e. The van der Waals surface area contributed by atoms with Crippen molar-refractivity contribution in [3.8, 4) is 0 Å². The number of Topliss-reactive ketones (excluding diaryl/α,β-unsaturated/α-hetero) is 1. The van der Waals surface area contributed by atoms with Crippen molar-refractivity contribution < 1.29 is 55.6 Å². The summed E-state index contributed by atoms with van der Waals surface area (Å²) in [5.74, 6) is -9.27. The first kappa shape index (κ1) is 54.5. The summed E-state index contributed by atoms with van der Waals surface area (Å²) in [6, 6.07) is -0.252. The number of alkyl halides is 2. The maximum absolute atomic E-state index is 14.1. The lowest BCUT2D eigenvalue weighted by Crippen LogP contribution is -2.60. The van der Waals surface area contributed by atoms with Gasteiger partial charge in [-0.05, 0) is 54.9 Å². The van der Waals surface area contributed by atoms with Crippen molar-refractivity contribution in [2.45, 2.75) is 120 Å². The number of ketones is 1. The number of aromatic nitrogens is 4. The lowest BCUT2D eigenvalue weighted by atomic mass is 9.84. The van der Waals surface area contributed by atoms with Crippen LogP contribution in [0.4, 0.5) is 13.9 Å². The quantitative estimate of drug-likeness (QED) is 0.0502. The van der Waals surface area contributed by atoms with Crippen LogP contribution in [0.3, 0.4) is 0 Å². The van der Waals surface area contributed by atoms with Crippen LogP contribution in [0, 0.1) is 17.8 Å². The van der Waals surface area contributed by atoms with Gasteiger partial charge in [-0.3, -0.25) is 48.7 Å². The fourth-order valence-electron chi connectivity index (χ4n) is 7.01. The van der Waals surface area contributed by atoms with E-state index < -0.39 is 111 Å². The van der Waals surface area contributed by atoms with Gasteiger partial charge in [-0.15, -0.1) is 10.2 Å². The minimum Gasteiger partial charge on any atom is -0.344 e. The minimum atomic E-state index is -4.73. The second-order valence-corrected chi connectivity index (χ2v) is 19.8. The summed E-state index contributed by atoms with van der Waals surface area (Å²) in [6.07, 6.45) is 3.82. The molecule has 7 amide bonds. The molecule has 21 nitrogen and oxygen atoms in total. The van der Waals surface area contributed by atoms with E-state index in [1.54, 1.807) is 18.6 Å². The Bertz CT molecular complexity index is 2370. The molecule has 0 aliphatic heterocycles. The van der Waals surface area contributed by atoms with Crippen molar-refractivity contribution in [2.75, 3.05) is 11.9 Å². The van der Waals surface area contributed by atoms with E-state index in [9.17, 15) is 55.6 Å². The SMILES string of the molecule is CCC(C)C(NC(=O)[C@H](CC(C)C)NC(=O)c1cnccn1)C(=O)N[C@@H](CC1CCCCC1)C(=O)N[C@@H](CC(F)F)C(=O)C(=O)NCC(=O)NS(=O)(=O)c1nnc(NC(=O)c2ccc(Cl)cc2)s1. The van der Waals surface area contributed by atoms with Gasteiger partial charge in [0.05, 0.1) is 12.7 Å². The molecule has 68 heavy (non-hydrogen) atoms. The van der Waals surface area contributed by atoms with Crippen LogP contribution in [-0.2, 0) is 38.8 Å². The van der Waals surface area contributed by atoms with Crippen molar-refractivity contribution >= 4 is 85.2 Å². The lowest BCUT2D eigenvalue weighted by molar-refractivity contribution is -0.141. The maximum atomic E-state index is 14.1. The highest BCUT2D eigenvalue weighted by molar-refractivity contribution is 7.92. The Morgan fingerprint density at radius 2 is 1.47 bits per heavy atom. The molecule has 0 radical (unpaired) electrons. The first-order chi connectivity index (χ1) is 32.2. The van der Waals surface area contributed by atoms with Gasteiger partial charge in [-0.25, -0.2) is 18.5 Å². The van der Waals surface area contributed by atoms with Gasteiger partial charge in [0, 0.05) is 29.4 Å². The Labute approximate surface area is 400 Å². The Kier molecular flexibility index (Phi) is 20.8. The van der Waals surface area contributed by atoms with Crippen LogP contribution in [-0.4, -0.2) is 113 Å². The fourth-order valence-corrected chi connectivity index (χ4v) is 9.02. The lowest BCUT2D eigenvalue weighted by Gasteiger charge is -2.31. The van der Waals surface area contributed by atoms with Crippen LogP contribution in [0.5, 0.6) is 0 Å². The monoisotopic (exact) mass is 1010 g/mol. The van der Waals surface area contributed by atoms with Gasteiger partial charge >= 0.3 is 0 Å². The van der Waals surface area contributed by atoms with Gasteiger partial charge < -0.3 is 26.6 Å². The molecule has 1 aliphatic rings. The van der Waals surface area contributed by atoms with Crippen LogP contribution >= 0.6 is 22.9 Å². The molecular weight excluding hydrogens is 956 g/mol. The van der Waals surface area contributed by atoms with Crippen molar-refractivity contribution in [3.63, 3.8) is 0 Å². The highest BCUT2D eigenvalue weighted by Gasteiger charge is 2.37. The predicted molar refractivity (Wildman–Crippen MR) is 242 cm³/mol. The highest BCUT2D eigenvalue weighted by Crippen LogP contribution is 2.28. The average molecular weight is 1010 g/mol. The molecule has 2 aromatic heterocycles. The Morgan fingerprint density at radius 1 is 0.809 bits per heavy atom. The van der Waals surface area contributed by atoms with Crippen molar-refractivity contribution in [3.05, 3.63) is 59.1 Å². The summed E-state index contributed by atoms with van der Waals surface area (Å²) < 4.78 is 54.3. The Morgan fingerprint density at radius 3 is 2.09 bits per heavy atom. The van der Waals surface area contributed by atoms with Gasteiger partial charge in [0.25, 0.3) is 38.0 Å². The number of sulfonamides is 1. The second-order valence-electron chi connectivity index (χ2n) is 16.5. The molecule has 1 saturated carbocycles. The number of anilines is 1. The van der Waals surface area contributed by atoms with Gasteiger partial charge in [0.15, 0.2) is 0 Å². The molecule has 1 aromatic carbocycles.